The van der Waals surface area contributed by atoms with Gasteiger partial charge in [0.15, 0.2) is 11.5 Å². The van der Waals surface area contributed by atoms with E-state index in [2.05, 4.69) is 21.0 Å². The minimum absolute atomic E-state index is 0.0221. The van der Waals surface area contributed by atoms with Crippen molar-refractivity contribution >= 4 is 17.7 Å². The summed E-state index contributed by atoms with van der Waals surface area (Å²) < 4.78 is 45.1. The molecule has 0 saturated heterocycles. The SMILES string of the molecule is CNC(=O)[C@@H](NC(=O)c1ccc(-c2cccc(CNC(=O)c3cc(C(F)(F)F)n(C)n3)c2)o1)C(C)C. The van der Waals surface area contributed by atoms with Crippen LogP contribution < -0.4 is 16.0 Å². The second-order valence-corrected chi connectivity index (χ2v) is 8.39. The highest BCUT2D eigenvalue weighted by molar-refractivity contribution is 5.96. The van der Waals surface area contributed by atoms with Crippen molar-refractivity contribution in [3.05, 3.63) is 65.2 Å². The zero-order chi connectivity index (χ0) is 26.6. The van der Waals surface area contributed by atoms with Crippen LogP contribution in [0.25, 0.3) is 11.3 Å². The van der Waals surface area contributed by atoms with E-state index in [0.717, 1.165) is 7.05 Å². The Balaban J connectivity index is 1.68. The third-order valence-electron chi connectivity index (χ3n) is 5.38. The molecule has 0 aliphatic carbocycles. The molecule has 3 aromatic rings. The van der Waals surface area contributed by atoms with Crippen LogP contribution in [0.3, 0.4) is 0 Å². The minimum Gasteiger partial charge on any atom is -0.451 e. The first kappa shape index (κ1) is 26.5. The number of aromatic nitrogens is 2. The average molecular weight is 505 g/mol. The summed E-state index contributed by atoms with van der Waals surface area (Å²) in [6, 6.07) is 9.93. The lowest BCUT2D eigenvalue weighted by atomic mass is 10.0. The zero-order valence-electron chi connectivity index (χ0n) is 20.1. The number of hydrogen-bond acceptors (Lipinski definition) is 5. The molecule has 0 spiro atoms. The number of rotatable bonds is 8. The summed E-state index contributed by atoms with van der Waals surface area (Å²) in [4.78, 5) is 36.9. The number of carbonyl (C=O) groups is 3. The smallest absolute Gasteiger partial charge is 0.433 e. The van der Waals surface area contributed by atoms with E-state index in [-0.39, 0.29) is 29.8 Å². The molecule has 0 saturated carbocycles. The summed E-state index contributed by atoms with van der Waals surface area (Å²) in [6.07, 6.45) is -4.62. The Morgan fingerprint density at radius 3 is 2.42 bits per heavy atom. The molecule has 3 amide bonds. The van der Waals surface area contributed by atoms with Crippen LogP contribution in [0.4, 0.5) is 13.2 Å². The van der Waals surface area contributed by atoms with Crippen LogP contribution in [0.15, 0.2) is 46.9 Å². The second kappa shape index (κ2) is 10.7. The fourth-order valence-electron chi connectivity index (χ4n) is 3.47. The number of nitrogens with zero attached hydrogens (tertiary/aromatic N) is 2. The first-order chi connectivity index (χ1) is 16.9. The third-order valence-corrected chi connectivity index (χ3v) is 5.38. The topological polar surface area (TPSA) is 118 Å². The number of aryl methyl sites for hydroxylation is 1. The summed E-state index contributed by atoms with van der Waals surface area (Å²) in [5.74, 6) is -1.34. The third kappa shape index (κ3) is 6.12. The Bertz CT molecular complexity index is 1260. The van der Waals surface area contributed by atoms with Crippen molar-refractivity contribution in [1.29, 1.82) is 0 Å². The van der Waals surface area contributed by atoms with Gasteiger partial charge in [-0.15, -0.1) is 0 Å². The maximum Gasteiger partial charge on any atom is 0.433 e. The normalized spacial score (nSPS) is 12.3. The number of likely N-dealkylation sites (N-methyl/N-ethyl adjacent to an activating group) is 1. The van der Waals surface area contributed by atoms with Crippen molar-refractivity contribution in [2.24, 2.45) is 13.0 Å². The van der Waals surface area contributed by atoms with Gasteiger partial charge in [0.2, 0.25) is 5.91 Å². The lowest BCUT2D eigenvalue weighted by Crippen LogP contribution is -2.48. The van der Waals surface area contributed by atoms with E-state index in [1.54, 1.807) is 44.2 Å². The van der Waals surface area contributed by atoms with E-state index >= 15 is 0 Å². The van der Waals surface area contributed by atoms with Gasteiger partial charge in [0.05, 0.1) is 0 Å². The summed E-state index contributed by atoms with van der Waals surface area (Å²) in [5.41, 5.74) is -0.110. The summed E-state index contributed by atoms with van der Waals surface area (Å²) in [6.45, 7) is 3.64. The Hall–Kier alpha value is -4.09. The van der Waals surface area contributed by atoms with Gasteiger partial charge >= 0.3 is 6.18 Å². The molecule has 3 rings (SSSR count). The molecule has 1 aromatic carbocycles. The van der Waals surface area contributed by atoms with Crippen LogP contribution in [-0.2, 0) is 24.6 Å². The molecule has 12 heteroatoms. The molecule has 2 heterocycles. The maximum atomic E-state index is 12.9. The first-order valence-corrected chi connectivity index (χ1v) is 11.0. The molecule has 1 atom stereocenters. The molecule has 0 radical (unpaired) electrons. The van der Waals surface area contributed by atoms with Gasteiger partial charge in [-0.2, -0.15) is 18.3 Å². The largest absolute Gasteiger partial charge is 0.451 e. The molecule has 0 unspecified atom stereocenters. The standard InChI is InChI=1S/C24H26F3N5O4/c1-13(2)20(23(35)28-3)30-22(34)18-9-8-17(36-18)15-7-5-6-14(10-15)12-29-21(33)16-11-19(24(25,26)27)32(4)31-16/h5-11,13,20H,12H2,1-4H3,(H,28,35)(H,29,33)(H,30,34)/t20-/m0/s1. The van der Waals surface area contributed by atoms with Gasteiger partial charge in [-0.05, 0) is 29.7 Å². The number of nitrogens with one attached hydrogen (secondary N) is 3. The van der Waals surface area contributed by atoms with Gasteiger partial charge in [-0.1, -0.05) is 32.0 Å². The van der Waals surface area contributed by atoms with E-state index in [9.17, 15) is 27.6 Å². The highest BCUT2D eigenvalue weighted by Crippen LogP contribution is 2.29. The lowest BCUT2D eigenvalue weighted by molar-refractivity contribution is -0.143. The molecule has 2 aromatic heterocycles. The fraction of sp³-hybridized carbons (Fsp3) is 0.333. The molecular weight excluding hydrogens is 479 g/mol. The van der Waals surface area contributed by atoms with E-state index in [1.807, 2.05) is 0 Å². The van der Waals surface area contributed by atoms with E-state index in [0.29, 0.717) is 27.6 Å². The van der Waals surface area contributed by atoms with Crippen LogP contribution >= 0.6 is 0 Å². The van der Waals surface area contributed by atoms with Gasteiger partial charge < -0.3 is 20.4 Å². The monoisotopic (exact) mass is 505 g/mol. The molecule has 0 aliphatic rings. The molecular formula is C24H26F3N5O4. The van der Waals surface area contributed by atoms with Crippen molar-refractivity contribution in [2.75, 3.05) is 7.05 Å². The second-order valence-electron chi connectivity index (χ2n) is 8.39. The summed E-state index contributed by atoms with van der Waals surface area (Å²) in [7, 11) is 2.60. The first-order valence-electron chi connectivity index (χ1n) is 11.0. The molecule has 0 bridgehead atoms. The number of alkyl halides is 3. The Morgan fingerprint density at radius 1 is 1.08 bits per heavy atom. The van der Waals surface area contributed by atoms with Crippen LogP contribution in [0.1, 0.15) is 46.1 Å². The molecule has 0 aliphatic heterocycles. The quantitative estimate of drug-likeness (QED) is 0.435. The number of furan rings is 1. The number of carbonyl (C=O) groups excluding carboxylic acids is 3. The molecule has 0 fully saturated rings. The molecule has 36 heavy (non-hydrogen) atoms. The number of amides is 3. The van der Waals surface area contributed by atoms with Crippen molar-refractivity contribution in [2.45, 2.75) is 32.6 Å². The number of benzene rings is 1. The van der Waals surface area contributed by atoms with E-state index in [1.165, 1.54) is 13.1 Å². The van der Waals surface area contributed by atoms with Crippen molar-refractivity contribution in [3.63, 3.8) is 0 Å². The van der Waals surface area contributed by atoms with Crippen LogP contribution in [0.2, 0.25) is 0 Å². The highest BCUT2D eigenvalue weighted by atomic mass is 19.4. The van der Waals surface area contributed by atoms with Crippen LogP contribution in [0.5, 0.6) is 0 Å². The van der Waals surface area contributed by atoms with Gasteiger partial charge in [-0.3, -0.25) is 19.1 Å². The van der Waals surface area contributed by atoms with Crippen LogP contribution in [0, 0.1) is 5.92 Å². The predicted molar refractivity (Wildman–Crippen MR) is 124 cm³/mol. The Kier molecular flexibility index (Phi) is 7.86. The number of hydrogen-bond donors (Lipinski definition) is 3. The van der Waals surface area contributed by atoms with Crippen molar-refractivity contribution < 1.29 is 32.0 Å². The van der Waals surface area contributed by atoms with Gasteiger partial charge in [0.25, 0.3) is 11.8 Å². The molecule has 192 valence electrons. The van der Waals surface area contributed by atoms with Gasteiger partial charge in [0.1, 0.15) is 17.5 Å². The van der Waals surface area contributed by atoms with Crippen molar-refractivity contribution in [3.8, 4) is 11.3 Å². The van der Waals surface area contributed by atoms with Gasteiger partial charge in [-0.25, -0.2) is 0 Å². The number of halogens is 3. The Morgan fingerprint density at radius 2 is 1.81 bits per heavy atom. The summed E-state index contributed by atoms with van der Waals surface area (Å²) in [5, 5.41) is 11.3. The van der Waals surface area contributed by atoms with E-state index in [4.69, 9.17) is 4.42 Å². The average Bonchev–Trinajstić information content (AvgIpc) is 3.47. The fourth-order valence-corrected chi connectivity index (χ4v) is 3.47. The Labute approximate surface area is 205 Å². The van der Waals surface area contributed by atoms with Crippen molar-refractivity contribution in [1.82, 2.24) is 25.7 Å². The minimum atomic E-state index is -4.62. The lowest BCUT2D eigenvalue weighted by Gasteiger charge is -2.19. The van der Waals surface area contributed by atoms with Crippen LogP contribution in [-0.4, -0.2) is 40.6 Å². The molecule has 3 N–H and O–H groups in total. The maximum absolute atomic E-state index is 12.9. The van der Waals surface area contributed by atoms with Gasteiger partial charge in [0, 0.05) is 32.3 Å². The molecule has 9 nitrogen and oxygen atoms in total. The van der Waals surface area contributed by atoms with E-state index < -0.39 is 29.7 Å². The highest BCUT2D eigenvalue weighted by Gasteiger charge is 2.35. The summed E-state index contributed by atoms with van der Waals surface area (Å²) >= 11 is 0. The predicted octanol–water partition coefficient (Wildman–Crippen LogP) is 3.13. The zero-order valence-corrected chi connectivity index (χ0v) is 20.1.